The summed E-state index contributed by atoms with van der Waals surface area (Å²) in [7, 11) is 0. The number of halogens is 1. The quantitative estimate of drug-likeness (QED) is 0.533. The van der Waals surface area contributed by atoms with E-state index in [4.69, 9.17) is 16.3 Å². The number of rotatable bonds is 4. The molecule has 1 aromatic heterocycles. The van der Waals surface area contributed by atoms with Crippen LogP contribution in [0.2, 0.25) is 5.02 Å². The van der Waals surface area contributed by atoms with Crippen molar-refractivity contribution in [3.05, 3.63) is 62.8 Å². The molecule has 8 heteroatoms. The molecule has 0 saturated heterocycles. The Morgan fingerprint density at radius 2 is 2.08 bits per heavy atom. The second kappa shape index (κ2) is 5.86. The molecule has 7 nitrogen and oxygen atoms in total. The van der Waals surface area contributed by atoms with Gasteiger partial charge in [0.1, 0.15) is 0 Å². The Hall–Kier alpha value is -3.06. The first-order valence-corrected chi connectivity index (χ1v) is 7.22. The number of hydrogen-bond donors (Lipinski definition) is 2. The molecule has 3 rings (SSSR count). The molecule has 0 unspecified atom stereocenters. The number of aromatic amines is 1. The zero-order valence-corrected chi connectivity index (χ0v) is 13.1. The second-order valence-corrected chi connectivity index (χ2v) is 5.54. The van der Waals surface area contributed by atoms with Crippen LogP contribution in [0.25, 0.3) is 10.9 Å². The Morgan fingerprint density at radius 3 is 2.75 bits per heavy atom. The third-order valence-corrected chi connectivity index (χ3v) is 3.77. The van der Waals surface area contributed by atoms with Crippen LogP contribution in [-0.4, -0.2) is 21.0 Å². The minimum Gasteiger partial charge on any atom is -0.476 e. The molecule has 0 spiro atoms. The van der Waals surface area contributed by atoms with Crippen LogP contribution in [0, 0.1) is 17.0 Å². The highest BCUT2D eigenvalue weighted by molar-refractivity contribution is 6.30. The van der Waals surface area contributed by atoms with Crippen LogP contribution in [0.3, 0.4) is 0 Å². The molecule has 122 valence electrons. The van der Waals surface area contributed by atoms with Gasteiger partial charge in [-0.1, -0.05) is 23.7 Å². The number of aromatic carboxylic acids is 1. The lowest BCUT2D eigenvalue weighted by Gasteiger charge is -2.08. The van der Waals surface area contributed by atoms with E-state index in [1.54, 1.807) is 25.1 Å². The standard InChI is InChI=1S/C16H11ClN2O5/c1-8-3-2-4-10-13(8)15(14(18-10)16(20)21)24-12-6-5-9(17)7-11(12)19(22)23/h2-7,18H,1H3,(H,20,21). The first-order valence-electron chi connectivity index (χ1n) is 6.85. The number of carboxylic acid groups (broad SMARTS) is 1. The minimum atomic E-state index is -1.22. The summed E-state index contributed by atoms with van der Waals surface area (Å²) in [6.45, 7) is 1.80. The minimum absolute atomic E-state index is 0.0287. The zero-order valence-electron chi connectivity index (χ0n) is 12.4. The van der Waals surface area contributed by atoms with Crippen LogP contribution in [0.5, 0.6) is 11.5 Å². The fourth-order valence-electron chi connectivity index (χ4n) is 2.47. The highest BCUT2D eigenvalue weighted by Gasteiger charge is 2.24. The molecule has 0 bridgehead atoms. The Balaban J connectivity index is 2.22. The van der Waals surface area contributed by atoms with Gasteiger partial charge in [0, 0.05) is 16.5 Å². The van der Waals surface area contributed by atoms with Crippen molar-refractivity contribution >= 4 is 34.2 Å². The number of carbonyl (C=O) groups is 1. The Bertz CT molecular complexity index is 980. The van der Waals surface area contributed by atoms with E-state index in [2.05, 4.69) is 4.98 Å². The number of nitro benzene ring substituents is 1. The molecule has 24 heavy (non-hydrogen) atoms. The third-order valence-electron chi connectivity index (χ3n) is 3.53. The van der Waals surface area contributed by atoms with Gasteiger partial charge in [-0.15, -0.1) is 0 Å². The maximum atomic E-state index is 11.5. The van der Waals surface area contributed by atoms with Gasteiger partial charge in [0.25, 0.3) is 0 Å². The van der Waals surface area contributed by atoms with Gasteiger partial charge in [0.2, 0.25) is 5.75 Å². The zero-order chi connectivity index (χ0) is 17.4. The second-order valence-electron chi connectivity index (χ2n) is 5.10. The van der Waals surface area contributed by atoms with E-state index < -0.39 is 10.9 Å². The summed E-state index contributed by atoms with van der Waals surface area (Å²) < 4.78 is 5.64. The summed E-state index contributed by atoms with van der Waals surface area (Å²) in [6.07, 6.45) is 0. The largest absolute Gasteiger partial charge is 0.476 e. The third kappa shape index (κ3) is 2.65. The van der Waals surface area contributed by atoms with Crippen molar-refractivity contribution < 1.29 is 19.6 Å². The van der Waals surface area contributed by atoms with Crippen LogP contribution >= 0.6 is 11.6 Å². The molecule has 0 aliphatic rings. The molecule has 0 amide bonds. The molecular weight excluding hydrogens is 336 g/mol. The van der Waals surface area contributed by atoms with E-state index >= 15 is 0 Å². The predicted octanol–water partition coefficient (Wildman–Crippen LogP) is 4.53. The normalized spacial score (nSPS) is 10.8. The number of nitrogens with one attached hydrogen (secondary N) is 1. The highest BCUT2D eigenvalue weighted by Crippen LogP contribution is 2.39. The van der Waals surface area contributed by atoms with Crippen molar-refractivity contribution in [2.24, 2.45) is 0 Å². The van der Waals surface area contributed by atoms with E-state index in [0.29, 0.717) is 10.9 Å². The first-order chi connectivity index (χ1) is 11.4. The van der Waals surface area contributed by atoms with E-state index in [1.807, 2.05) is 0 Å². The van der Waals surface area contributed by atoms with Crippen molar-refractivity contribution in [3.63, 3.8) is 0 Å². The summed E-state index contributed by atoms with van der Waals surface area (Å²) in [4.78, 5) is 24.8. The Labute approximate surface area is 140 Å². The summed E-state index contributed by atoms with van der Waals surface area (Å²) in [5, 5.41) is 21.3. The number of benzene rings is 2. The average Bonchev–Trinajstić information content (AvgIpc) is 2.89. The number of nitrogens with zero attached hydrogens (tertiary/aromatic N) is 1. The van der Waals surface area contributed by atoms with Gasteiger partial charge < -0.3 is 14.8 Å². The number of nitro groups is 1. The van der Waals surface area contributed by atoms with Gasteiger partial charge >= 0.3 is 11.7 Å². The van der Waals surface area contributed by atoms with Crippen molar-refractivity contribution in [2.45, 2.75) is 6.92 Å². The lowest BCUT2D eigenvalue weighted by molar-refractivity contribution is -0.385. The Morgan fingerprint density at radius 1 is 1.33 bits per heavy atom. The maximum Gasteiger partial charge on any atom is 0.356 e. The summed E-state index contributed by atoms with van der Waals surface area (Å²) >= 11 is 5.78. The van der Waals surface area contributed by atoms with Crippen molar-refractivity contribution in [1.29, 1.82) is 0 Å². The van der Waals surface area contributed by atoms with E-state index in [1.165, 1.54) is 12.1 Å². The predicted molar refractivity (Wildman–Crippen MR) is 88.2 cm³/mol. The number of hydrogen-bond acceptors (Lipinski definition) is 4. The van der Waals surface area contributed by atoms with E-state index in [0.717, 1.165) is 11.6 Å². The number of fused-ring (bicyclic) bond motifs is 1. The van der Waals surface area contributed by atoms with E-state index in [-0.39, 0.29) is 27.9 Å². The van der Waals surface area contributed by atoms with E-state index in [9.17, 15) is 20.0 Å². The van der Waals surface area contributed by atoms with Gasteiger partial charge in [-0.3, -0.25) is 10.1 Å². The lowest BCUT2D eigenvalue weighted by atomic mass is 10.1. The number of carboxylic acids is 1. The monoisotopic (exact) mass is 346 g/mol. The number of ether oxygens (including phenoxy) is 1. The molecule has 0 aliphatic carbocycles. The SMILES string of the molecule is Cc1cccc2[nH]c(C(=O)O)c(Oc3ccc(Cl)cc3[N+](=O)[O-])c12. The highest BCUT2D eigenvalue weighted by atomic mass is 35.5. The smallest absolute Gasteiger partial charge is 0.356 e. The molecule has 0 atom stereocenters. The topological polar surface area (TPSA) is 105 Å². The molecule has 2 N–H and O–H groups in total. The van der Waals surface area contributed by atoms with Crippen LogP contribution in [0.1, 0.15) is 16.1 Å². The van der Waals surface area contributed by atoms with Gasteiger partial charge in [0.15, 0.2) is 11.4 Å². The van der Waals surface area contributed by atoms with Crippen molar-refractivity contribution in [3.8, 4) is 11.5 Å². The molecule has 0 saturated carbocycles. The molecule has 1 heterocycles. The van der Waals surface area contributed by atoms with Gasteiger partial charge in [-0.2, -0.15) is 0 Å². The lowest BCUT2D eigenvalue weighted by Crippen LogP contribution is -2.00. The molecular formula is C16H11ClN2O5. The Kier molecular flexibility index (Phi) is 3.86. The van der Waals surface area contributed by atoms with Crippen LogP contribution in [0.4, 0.5) is 5.69 Å². The summed E-state index contributed by atoms with van der Waals surface area (Å²) in [6, 6.07) is 9.20. The van der Waals surface area contributed by atoms with Crippen LogP contribution in [0.15, 0.2) is 36.4 Å². The molecule has 2 aromatic carbocycles. The van der Waals surface area contributed by atoms with Gasteiger partial charge in [0.05, 0.1) is 10.4 Å². The van der Waals surface area contributed by atoms with Crippen LogP contribution < -0.4 is 4.74 Å². The van der Waals surface area contributed by atoms with Gasteiger partial charge in [-0.25, -0.2) is 4.79 Å². The maximum absolute atomic E-state index is 11.5. The average molecular weight is 347 g/mol. The first kappa shape index (κ1) is 15.8. The van der Waals surface area contributed by atoms with Crippen molar-refractivity contribution in [2.75, 3.05) is 0 Å². The summed E-state index contributed by atoms with van der Waals surface area (Å²) in [5.74, 6) is -1.28. The molecule has 0 aliphatic heterocycles. The number of H-pyrrole nitrogens is 1. The summed E-state index contributed by atoms with van der Waals surface area (Å²) in [5.41, 5.74) is 0.826. The molecule has 3 aromatic rings. The fourth-order valence-corrected chi connectivity index (χ4v) is 2.64. The molecule has 0 radical (unpaired) electrons. The van der Waals surface area contributed by atoms with Crippen molar-refractivity contribution in [1.82, 2.24) is 4.98 Å². The van der Waals surface area contributed by atoms with Crippen LogP contribution in [-0.2, 0) is 0 Å². The fraction of sp³-hybridized carbons (Fsp3) is 0.0625. The number of aryl methyl sites for hydroxylation is 1. The molecule has 0 fully saturated rings. The van der Waals surface area contributed by atoms with Gasteiger partial charge in [-0.05, 0) is 30.7 Å². The number of aromatic nitrogens is 1.